The van der Waals surface area contributed by atoms with Crippen molar-refractivity contribution in [3.8, 4) is 5.75 Å². The minimum absolute atomic E-state index is 0. The van der Waals surface area contributed by atoms with E-state index in [0.29, 0.717) is 26.1 Å². The van der Waals surface area contributed by atoms with E-state index in [1.807, 2.05) is 0 Å². The van der Waals surface area contributed by atoms with E-state index < -0.39 is 29.1 Å². The second-order valence-electron chi connectivity index (χ2n) is 4.67. The van der Waals surface area contributed by atoms with Gasteiger partial charge in [-0.05, 0) is 30.9 Å². The van der Waals surface area contributed by atoms with E-state index in [9.17, 15) is 14.3 Å². The maximum Gasteiger partial charge on any atom is 0.339 e. The first-order valence-corrected chi connectivity index (χ1v) is 6.09. The Hall–Kier alpha value is -1.37. The van der Waals surface area contributed by atoms with E-state index in [1.54, 1.807) is 0 Å². The van der Waals surface area contributed by atoms with Gasteiger partial charge in [0.05, 0.1) is 0 Å². The van der Waals surface area contributed by atoms with Crippen LogP contribution in [0.5, 0.6) is 5.75 Å². The Labute approximate surface area is 122 Å². The van der Waals surface area contributed by atoms with Gasteiger partial charge in [0.2, 0.25) is 0 Å². The number of ether oxygens (including phenoxy) is 1. The third-order valence-electron chi connectivity index (χ3n) is 3.47. The van der Waals surface area contributed by atoms with E-state index in [-0.39, 0.29) is 23.9 Å². The van der Waals surface area contributed by atoms with Crippen LogP contribution in [0.15, 0.2) is 12.1 Å². The molecule has 0 aromatic heterocycles. The molecule has 5 nitrogen and oxygen atoms in total. The van der Waals surface area contributed by atoms with Crippen LogP contribution in [0.1, 0.15) is 34.8 Å². The fourth-order valence-electron chi connectivity index (χ4n) is 2.37. The molecule has 20 heavy (non-hydrogen) atoms. The highest BCUT2D eigenvalue weighted by atomic mass is 35.5. The SMILES string of the molecule is Cl.N[C@H](c1cc(F)cc(C(=O)O)c1O)C1CCOCC1. The summed E-state index contributed by atoms with van der Waals surface area (Å²) in [5, 5.41) is 18.8. The van der Waals surface area contributed by atoms with Gasteiger partial charge < -0.3 is 20.7 Å². The molecule has 0 amide bonds. The average molecular weight is 306 g/mol. The molecule has 1 heterocycles. The highest BCUT2D eigenvalue weighted by Gasteiger charge is 2.27. The number of nitrogens with two attached hydrogens (primary N) is 1. The molecule has 0 saturated carbocycles. The number of carboxylic acid groups (broad SMARTS) is 1. The number of rotatable bonds is 3. The molecule has 7 heteroatoms. The number of carbonyl (C=O) groups is 1. The van der Waals surface area contributed by atoms with Gasteiger partial charge in [-0.2, -0.15) is 0 Å². The van der Waals surface area contributed by atoms with E-state index in [2.05, 4.69) is 0 Å². The Balaban J connectivity index is 0.00000200. The van der Waals surface area contributed by atoms with Crippen molar-refractivity contribution in [3.63, 3.8) is 0 Å². The van der Waals surface area contributed by atoms with Crippen LogP contribution in [0.4, 0.5) is 4.39 Å². The summed E-state index contributed by atoms with van der Waals surface area (Å²) in [6.07, 6.45) is 1.42. The Kier molecular flexibility index (Phi) is 5.74. The zero-order chi connectivity index (χ0) is 14.0. The number of aromatic hydroxyl groups is 1. The van der Waals surface area contributed by atoms with Crippen LogP contribution < -0.4 is 5.73 Å². The number of hydrogen-bond donors (Lipinski definition) is 3. The van der Waals surface area contributed by atoms with Crippen LogP contribution in [0, 0.1) is 11.7 Å². The number of aromatic carboxylic acids is 1. The third-order valence-corrected chi connectivity index (χ3v) is 3.47. The number of halogens is 2. The van der Waals surface area contributed by atoms with Crippen LogP contribution in [0.2, 0.25) is 0 Å². The summed E-state index contributed by atoms with van der Waals surface area (Å²) >= 11 is 0. The molecule has 2 rings (SSSR count). The lowest BCUT2D eigenvalue weighted by Crippen LogP contribution is -2.27. The molecule has 0 aliphatic carbocycles. The molecular weight excluding hydrogens is 289 g/mol. The fraction of sp³-hybridized carbons (Fsp3) is 0.462. The number of carboxylic acids is 1. The summed E-state index contributed by atoms with van der Waals surface area (Å²) in [7, 11) is 0. The lowest BCUT2D eigenvalue weighted by Gasteiger charge is -2.28. The molecule has 1 fully saturated rings. The number of phenols is 1. The van der Waals surface area contributed by atoms with Gasteiger partial charge in [0, 0.05) is 24.8 Å². The predicted molar refractivity (Wildman–Crippen MR) is 72.7 cm³/mol. The molecule has 1 aromatic rings. The lowest BCUT2D eigenvalue weighted by molar-refractivity contribution is 0.0579. The van der Waals surface area contributed by atoms with Gasteiger partial charge >= 0.3 is 5.97 Å². The molecule has 1 aliphatic rings. The van der Waals surface area contributed by atoms with Crippen molar-refractivity contribution in [1.29, 1.82) is 0 Å². The van der Waals surface area contributed by atoms with Gasteiger partial charge in [0.25, 0.3) is 0 Å². The van der Waals surface area contributed by atoms with Crippen molar-refractivity contribution < 1.29 is 24.1 Å². The molecule has 0 radical (unpaired) electrons. The van der Waals surface area contributed by atoms with Gasteiger partial charge in [0.15, 0.2) is 0 Å². The topological polar surface area (TPSA) is 92.8 Å². The number of benzene rings is 1. The first kappa shape index (κ1) is 16.7. The zero-order valence-corrected chi connectivity index (χ0v) is 11.5. The maximum atomic E-state index is 13.4. The van der Waals surface area contributed by atoms with Gasteiger partial charge in [0.1, 0.15) is 17.1 Å². The molecule has 0 unspecified atom stereocenters. The van der Waals surface area contributed by atoms with Crippen molar-refractivity contribution in [2.45, 2.75) is 18.9 Å². The minimum atomic E-state index is -1.38. The molecule has 1 aromatic carbocycles. The summed E-state index contributed by atoms with van der Waals surface area (Å²) in [4.78, 5) is 10.9. The van der Waals surface area contributed by atoms with Crippen molar-refractivity contribution in [2.75, 3.05) is 13.2 Å². The minimum Gasteiger partial charge on any atom is -0.507 e. The molecule has 4 N–H and O–H groups in total. The largest absolute Gasteiger partial charge is 0.507 e. The van der Waals surface area contributed by atoms with E-state index in [4.69, 9.17) is 15.6 Å². The third kappa shape index (κ3) is 3.39. The molecule has 1 atom stereocenters. The summed E-state index contributed by atoms with van der Waals surface area (Å²) in [6.45, 7) is 1.14. The molecule has 0 bridgehead atoms. The van der Waals surface area contributed by atoms with E-state index in [1.165, 1.54) is 0 Å². The van der Waals surface area contributed by atoms with Crippen LogP contribution in [0.3, 0.4) is 0 Å². The highest BCUT2D eigenvalue weighted by Crippen LogP contribution is 2.35. The van der Waals surface area contributed by atoms with Crippen molar-refractivity contribution in [1.82, 2.24) is 0 Å². The van der Waals surface area contributed by atoms with E-state index in [0.717, 1.165) is 12.1 Å². The van der Waals surface area contributed by atoms with Crippen molar-refractivity contribution in [2.24, 2.45) is 11.7 Å². The smallest absolute Gasteiger partial charge is 0.339 e. The standard InChI is InChI=1S/C13H16FNO4.ClH/c14-8-5-9(12(16)10(6-8)13(17)18)11(15)7-1-3-19-4-2-7;/h5-7,11,16H,1-4,15H2,(H,17,18);1H/t11-;/m0./s1. The Morgan fingerprint density at radius 1 is 1.40 bits per heavy atom. The van der Waals surface area contributed by atoms with Gasteiger partial charge in [-0.15, -0.1) is 12.4 Å². The van der Waals surface area contributed by atoms with Crippen molar-refractivity contribution in [3.05, 3.63) is 29.1 Å². The van der Waals surface area contributed by atoms with Gasteiger partial charge in [-0.1, -0.05) is 0 Å². The van der Waals surface area contributed by atoms with Crippen LogP contribution in [-0.2, 0) is 4.74 Å². The fourth-order valence-corrected chi connectivity index (χ4v) is 2.37. The van der Waals surface area contributed by atoms with Gasteiger partial charge in [-0.25, -0.2) is 9.18 Å². The van der Waals surface area contributed by atoms with E-state index >= 15 is 0 Å². The molecule has 112 valence electrons. The Morgan fingerprint density at radius 2 is 2.00 bits per heavy atom. The van der Waals surface area contributed by atoms with Crippen LogP contribution in [0.25, 0.3) is 0 Å². The molecule has 0 spiro atoms. The lowest BCUT2D eigenvalue weighted by atomic mass is 9.86. The predicted octanol–water partition coefficient (Wildman–Crippen LogP) is 2.08. The molecule has 1 aliphatic heterocycles. The molecular formula is C13H17ClFNO4. The second kappa shape index (κ2) is 6.88. The molecule has 1 saturated heterocycles. The maximum absolute atomic E-state index is 13.4. The summed E-state index contributed by atoms with van der Waals surface area (Å²) in [5.41, 5.74) is 5.72. The second-order valence-corrected chi connectivity index (χ2v) is 4.67. The summed E-state index contributed by atoms with van der Waals surface area (Å²) in [6, 6.07) is 1.29. The van der Waals surface area contributed by atoms with Crippen molar-refractivity contribution >= 4 is 18.4 Å². The Bertz CT molecular complexity index is 492. The average Bonchev–Trinajstić information content (AvgIpc) is 2.41. The van der Waals surface area contributed by atoms with Crippen LogP contribution in [-0.4, -0.2) is 29.4 Å². The first-order valence-electron chi connectivity index (χ1n) is 6.09. The normalized spacial score (nSPS) is 17.3. The Morgan fingerprint density at radius 3 is 2.55 bits per heavy atom. The van der Waals surface area contributed by atoms with Gasteiger partial charge in [-0.3, -0.25) is 0 Å². The van der Waals surface area contributed by atoms with Crippen LogP contribution >= 0.6 is 12.4 Å². The monoisotopic (exact) mass is 305 g/mol. The first-order chi connectivity index (χ1) is 9.00. The highest BCUT2D eigenvalue weighted by molar-refractivity contribution is 5.91. The quantitative estimate of drug-likeness (QED) is 0.795. The number of hydrogen-bond acceptors (Lipinski definition) is 4. The summed E-state index contributed by atoms with van der Waals surface area (Å²) < 4.78 is 18.7. The zero-order valence-electron chi connectivity index (χ0n) is 10.7. The summed E-state index contributed by atoms with van der Waals surface area (Å²) in [5.74, 6) is -2.50.